The standard InChI is InChI=1S/C15H15BrN2O3/c1-15(2)14(20)17-6-7-18(15)13(19)11-8-9-4-3-5-10(16)12(9)21-11/h3-5,8H,6-7H2,1-2H3,(H,17,20). The van der Waals surface area contributed by atoms with E-state index in [9.17, 15) is 9.59 Å². The van der Waals surface area contributed by atoms with Crippen LogP contribution in [0.5, 0.6) is 0 Å². The number of furan rings is 1. The molecule has 1 N–H and O–H groups in total. The Morgan fingerprint density at radius 1 is 1.43 bits per heavy atom. The fourth-order valence-corrected chi connectivity index (χ4v) is 2.98. The Kier molecular flexibility index (Phi) is 3.28. The molecule has 21 heavy (non-hydrogen) atoms. The summed E-state index contributed by atoms with van der Waals surface area (Å²) in [6, 6.07) is 7.34. The molecule has 0 radical (unpaired) electrons. The molecule has 110 valence electrons. The van der Waals surface area contributed by atoms with Gasteiger partial charge in [-0.15, -0.1) is 0 Å². The van der Waals surface area contributed by atoms with Gasteiger partial charge in [0.15, 0.2) is 5.76 Å². The summed E-state index contributed by atoms with van der Waals surface area (Å²) >= 11 is 3.40. The van der Waals surface area contributed by atoms with Gasteiger partial charge in [-0.1, -0.05) is 12.1 Å². The molecule has 1 aliphatic rings. The number of nitrogens with zero attached hydrogens (tertiary/aromatic N) is 1. The van der Waals surface area contributed by atoms with Crippen LogP contribution in [0, 0.1) is 0 Å². The van der Waals surface area contributed by atoms with Gasteiger partial charge in [-0.2, -0.15) is 0 Å². The average Bonchev–Trinajstić information content (AvgIpc) is 2.87. The molecule has 1 aromatic heterocycles. The number of amides is 2. The first-order valence-corrected chi connectivity index (χ1v) is 7.49. The summed E-state index contributed by atoms with van der Waals surface area (Å²) in [6.45, 7) is 4.39. The molecule has 3 rings (SSSR count). The van der Waals surface area contributed by atoms with Gasteiger partial charge in [0, 0.05) is 18.5 Å². The van der Waals surface area contributed by atoms with Gasteiger partial charge in [0.25, 0.3) is 5.91 Å². The highest BCUT2D eigenvalue weighted by Gasteiger charge is 2.41. The minimum Gasteiger partial charge on any atom is -0.450 e. The van der Waals surface area contributed by atoms with Crippen molar-refractivity contribution in [2.45, 2.75) is 19.4 Å². The number of para-hydroxylation sites is 1. The molecule has 1 saturated heterocycles. The van der Waals surface area contributed by atoms with Crippen LogP contribution in [0.3, 0.4) is 0 Å². The maximum Gasteiger partial charge on any atom is 0.290 e. The third-order valence-corrected chi connectivity index (χ3v) is 4.43. The number of piperazine rings is 1. The summed E-state index contributed by atoms with van der Waals surface area (Å²) in [4.78, 5) is 26.2. The van der Waals surface area contributed by atoms with E-state index < -0.39 is 5.54 Å². The predicted octanol–water partition coefficient (Wildman–Crippen LogP) is 2.55. The molecule has 1 aliphatic heterocycles. The van der Waals surface area contributed by atoms with Gasteiger partial charge in [0.1, 0.15) is 11.1 Å². The zero-order chi connectivity index (χ0) is 15.2. The van der Waals surface area contributed by atoms with Crippen molar-refractivity contribution in [2.75, 3.05) is 13.1 Å². The smallest absolute Gasteiger partial charge is 0.290 e. The summed E-state index contributed by atoms with van der Waals surface area (Å²) in [5.41, 5.74) is -0.244. The molecule has 1 fully saturated rings. The van der Waals surface area contributed by atoms with E-state index in [1.54, 1.807) is 24.8 Å². The summed E-state index contributed by atoms with van der Waals surface area (Å²) in [6.07, 6.45) is 0. The number of nitrogens with one attached hydrogen (secondary N) is 1. The number of benzene rings is 1. The fraction of sp³-hybridized carbons (Fsp3) is 0.333. The van der Waals surface area contributed by atoms with Crippen LogP contribution in [0.25, 0.3) is 11.0 Å². The lowest BCUT2D eigenvalue weighted by Crippen LogP contribution is -2.63. The van der Waals surface area contributed by atoms with Gasteiger partial charge in [0.05, 0.1) is 4.47 Å². The molecular weight excluding hydrogens is 336 g/mol. The number of rotatable bonds is 1. The molecule has 0 saturated carbocycles. The summed E-state index contributed by atoms with van der Waals surface area (Å²) < 4.78 is 6.47. The Hall–Kier alpha value is -1.82. The first-order chi connectivity index (χ1) is 9.91. The number of hydrogen-bond acceptors (Lipinski definition) is 3. The first-order valence-electron chi connectivity index (χ1n) is 6.69. The van der Waals surface area contributed by atoms with Crippen molar-refractivity contribution in [3.8, 4) is 0 Å². The summed E-state index contributed by atoms with van der Waals surface area (Å²) in [5.74, 6) is -0.169. The van der Waals surface area contributed by atoms with Crippen LogP contribution in [-0.2, 0) is 4.79 Å². The quantitative estimate of drug-likeness (QED) is 0.859. The van der Waals surface area contributed by atoms with Crippen molar-refractivity contribution >= 4 is 38.7 Å². The van der Waals surface area contributed by atoms with Crippen LogP contribution in [0.1, 0.15) is 24.4 Å². The van der Waals surface area contributed by atoms with E-state index in [0.29, 0.717) is 18.7 Å². The zero-order valence-corrected chi connectivity index (χ0v) is 13.4. The normalized spacial score (nSPS) is 17.9. The highest BCUT2D eigenvalue weighted by Crippen LogP contribution is 2.29. The molecular formula is C15H15BrN2O3. The Morgan fingerprint density at radius 2 is 2.19 bits per heavy atom. The first kappa shape index (κ1) is 14.1. The van der Waals surface area contributed by atoms with Crippen LogP contribution in [0.4, 0.5) is 0 Å². The summed E-state index contributed by atoms with van der Waals surface area (Å²) in [5, 5.41) is 3.63. The second-order valence-corrected chi connectivity index (χ2v) is 6.39. The number of fused-ring (bicyclic) bond motifs is 1. The lowest BCUT2D eigenvalue weighted by atomic mass is 9.98. The largest absolute Gasteiger partial charge is 0.450 e. The molecule has 5 nitrogen and oxygen atoms in total. The van der Waals surface area contributed by atoms with Crippen molar-refractivity contribution in [2.24, 2.45) is 0 Å². The van der Waals surface area contributed by atoms with Crippen LogP contribution >= 0.6 is 15.9 Å². The van der Waals surface area contributed by atoms with E-state index in [0.717, 1.165) is 9.86 Å². The summed E-state index contributed by atoms with van der Waals surface area (Å²) in [7, 11) is 0. The van der Waals surface area contributed by atoms with Crippen molar-refractivity contribution in [3.63, 3.8) is 0 Å². The molecule has 6 heteroatoms. The molecule has 0 aliphatic carbocycles. The molecule has 2 aromatic rings. The van der Waals surface area contributed by atoms with Gasteiger partial charge in [-0.25, -0.2) is 0 Å². The van der Waals surface area contributed by atoms with Gasteiger partial charge in [-0.3, -0.25) is 9.59 Å². The van der Waals surface area contributed by atoms with Crippen molar-refractivity contribution in [1.29, 1.82) is 0 Å². The lowest BCUT2D eigenvalue weighted by molar-refractivity contribution is -0.133. The van der Waals surface area contributed by atoms with Gasteiger partial charge in [-0.05, 0) is 41.9 Å². The Morgan fingerprint density at radius 3 is 2.90 bits per heavy atom. The third kappa shape index (κ3) is 2.23. The predicted molar refractivity (Wildman–Crippen MR) is 82.0 cm³/mol. The SMILES string of the molecule is CC1(C)C(=O)NCCN1C(=O)c1cc2cccc(Br)c2o1. The highest BCUT2D eigenvalue weighted by atomic mass is 79.9. The van der Waals surface area contributed by atoms with E-state index in [-0.39, 0.29) is 17.6 Å². The van der Waals surface area contributed by atoms with E-state index in [1.807, 2.05) is 18.2 Å². The second kappa shape index (κ2) is 4.87. The number of hydrogen-bond donors (Lipinski definition) is 1. The number of carbonyl (C=O) groups is 2. The maximum atomic E-state index is 12.7. The number of halogens is 1. The molecule has 1 aromatic carbocycles. The molecule has 0 unspecified atom stereocenters. The average molecular weight is 351 g/mol. The highest BCUT2D eigenvalue weighted by molar-refractivity contribution is 9.10. The minimum absolute atomic E-state index is 0.153. The van der Waals surface area contributed by atoms with Crippen molar-refractivity contribution in [3.05, 3.63) is 34.5 Å². The van der Waals surface area contributed by atoms with Crippen molar-refractivity contribution in [1.82, 2.24) is 10.2 Å². The van der Waals surface area contributed by atoms with Gasteiger partial charge < -0.3 is 14.6 Å². The second-order valence-electron chi connectivity index (χ2n) is 5.54. The monoisotopic (exact) mass is 350 g/mol. The topological polar surface area (TPSA) is 62.6 Å². The Bertz CT molecular complexity index is 736. The molecule has 0 bridgehead atoms. The Labute approximate surface area is 130 Å². The van der Waals surface area contributed by atoms with Crippen LogP contribution in [0.2, 0.25) is 0 Å². The van der Waals surface area contributed by atoms with Crippen molar-refractivity contribution < 1.29 is 14.0 Å². The van der Waals surface area contributed by atoms with Gasteiger partial charge >= 0.3 is 0 Å². The maximum absolute atomic E-state index is 12.7. The third-order valence-electron chi connectivity index (χ3n) is 3.80. The van der Waals surface area contributed by atoms with E-state index in [4.69, 9.17) is 4.42 Å². The van der Waals surface area contributed by atoms with Crippen LogP contribution in [0.15, 0.2) is 33.2 Å². The van der Waals surface area contributed by atoms with Gasteiger partial charge in [0.2, 0.25) is 5.91 Å². The minimum atomic E-state index is -0.883. The molecule has 2 amide bonds. The van der Waals surface area contributed by atoms with Crippen LogP contribution in [-0.4, -0.2) is 35.3 Å². The molecule has 0 atom stereocenters. The Balaban J connectivity index is 2.00. The van der Waals surface area contributed by atoms with E-state index >= 15 is 0 Å². The zero-order valence-electron chi connectivity index (χ0n) is 11.8. The molecule has 0 spiro atoms. The van der Waals surface area contributed by atoms with Crippen LogP contribution < -0.4 is 5.32 Å². The van der Waals surface area contributed by atoms with E-state index in [1.165, 1.54) is 0 Å². The number of carbonyl (C=O) groups excluding carboxylic acids is 2. The fourth-order valence-electron chi connectivity index (χ4n) is 2.52. The molecule has 2 heterocycles. The lowest BCUT2D eigenvalue weighted by Gasteiger charge is -2.40. The van der Waals surface area contributed by atoms with E-state index in [2.05, 4.69) is 21.2 Å².